The van der Waals surface area contributed by atoms with Gasteiger partial charge in [-0.2, -0.15) is 5.26 Å². The first kappa shape index (κ1) is 17.5. The lowest BCUT2D eigenvalue weighted by molar-refractivity contribution is -0.130. The van der Waals surface area contributed by atoms with Crippen molar-refractivity contribution >= 4 is 11.9 Å². The van der Waals surface area contributed by atoms with Crippen LogP contribution in [0.1, 0.15) is 55.5 Å². The smallest absolute Gasteiger partial charge is 0.338 e. The highest BCUT2D eigenvalue weighted by Crippen LogP contribution is 2.49. The van der Waals surface area contributed by atoms with Crippen molar-refractivity contribution in [3.05, 3.63) is 35.4 Å². The van der Waals surface area contributed by atoms with Gasteiger partial charge >= 0.3 is 5.97 Å². The standard InChI is InChI=1S/C20H24N2O3/c1-12(18-10-15-5-8-17(18)9-15)22-19(23)13(2)25-20(24)16-6-3-14(11-21)4-7-16/h3-4,6-7,12-13,15,17-18H,5,8-10H2,1-2H3,(H,22,23). The predicted molar refractivity (Wildman–Crippen MR) is 92.6 cm³/mol. The quantitative estimate of drug-likeness (QED) is 0.836. The Kier molecular flexibility index (Phi) is 5.08. The number of esters is 1. The zero-order chi connectivity index (χ0) is 18.0. The number of nitrogens with one attached hydrogen (secondary N) is 1. The molecule has 0 radical (unpaired) electrons. The van der Waals surface area contributed by atoms with E-state index in [0.29, 0.717) is 17.0 Å². The zero-order valence-electron chi connectivity index (χ0n) is 14.7. The maximum atomic E-state index is 12.4. The van der Waals surface area contributed by atoms with Crippen molar-refractivity contribution < 1.29 is 14.3 Å². The van der Waals surface area contributed by atoms with Crippen molar-refractivity contribution in [1.82, 2.24) is 5.32 Å². The van der Waals surface area contributed by atoms with Crippen LogP contribution in [0.5, 0.6) is 0 Å². The van der Waals surface area contributed by atoms with Crippen molar-refractivity contribution in [2.24, 2.45) is 17.8 Å². The zero-order valence-corrected chi connectivity index (χ0v) is 14.7. The molecule has 25 heavy (non-hydrogen) atoms. The molecule has 0 spiro atoms. The van der Waals surface area contributed by atoms with Gasteiger partial charge in [0.15, 0.2) is 6.10 Å². The van der Waals surface area contributed by atoms with E-state index in [0.717, 1.165) is 11.8 Å². The van der Waals surface area contributed by atoms with E-state index < -0.39 is 12.1 Å². The van der Waals surface area contributed by atoms with Gasteiger partial charge in [-0.25, -0.2) is 4.79 Å². The average Bonchev–Trinajstić information content (AvgIpc) is 3.25. The van der Waals surface area contributed by atoms with Crippen molar-refractivity contribution in [2.45, 2.75) is 51.7 Å². The molecule has 5 nitrogen and oxygen atoms in total. The molecule has 0 saturated heterocycles. The summed E-state index contributed by atoms with van der Waals surface area (Å²) in [6, 6.07) is 8.28. The molecule has 3 rings (SSSR count). The van der Waals surface area contributed by atoms with Crippen LogP contribution in [0.4, 0.5) is 0 Å². The summed E-state index contributed by atoms with van der Waals surface area (Å²) in [7, 11) is 0. The van der Waals surface area contributed by atoms with E-state index in [4.69, 9.17) is 10.00 Å². The van der Waals surface area contributed by atoms with E-state index in [9.17, 15) is 9.59 Å². The molecule has 1 aromatic carbocycles. The minimum absolute atomic E-state index is 0.110. The van der Waals surface area contributed by atoms with Gasteiger partial charge in [-0.05, 0) is 75.1 Å². The number of ether oxygens (including phenoxy) is 1. The van der Waals surface area contributed by atoms with Gasteiger partial charge in [0.05, 0.1) is 17.2 Å². The van der Waals surface area contributed by atoms with Gasteiger partial charge < -0.3 is 10.1 Å². The van der Waals surface area contributed by atoms with Crippen LogP contribution < -0.4 is 5.32 Å². The summed E-state index contributed by atoms with van der Waals surface area (Å²) >= 11 is 0. The summed E-state index contributed by atoms with van der Waals surface area (Å²) < 4.78 is 5.26. The van der Waals surface area contributed by atoms with Gasteiger partial charge in [0.2, 0.25) is 0 Å². The Labute approximate surface area is 148 Å². The Hall–Kier alpha value is -2.35. The Morgan fingerprint density at radius 3 is 2.48 bits per heavy atom. The molecule has 2 aliphatic carbocycles. The number of amides is 1. The van der Waals surface area contributed by atoms with E-state index in [1.54, 1.807) is 19.1 Å². The normalized spacial score (nSPS) is 26.5. The van der Waals surface area contributed by atoms with Crippen LogP contribution in [0.2, 0.25) is 0 Å². The fraction of sp³-hybridized carbons (Fsp3) is 0.550. The monoisotopic (exact) mass is 340 g/mol. The number of hydrogen-bond acceptors (Lipinski definition) is 4. The van der Waals surface area contributed by atoms with Crippen LogP contribution in [0, 0.1) is 29.1 Å². The van der Waals surface area contributed by atoms with Crippen molar-refractivity contribution in [3.63, 3.8) is 0 Å². The van der Waals surface area contributed by atoms with E-state index >= 15 is 0 Å². The number of fused-ring (bicyclic) bond motifs is 2. The van der Waals surface area contributed by atoms with Crippen molar-refractivity contribution in [2.75, 3.05) is 0 Å². The first-order chi connectivity index (χ1) is 12.0. The van der Waals surface area contributed by atoms with Gasteiger partial charge in [-0.1, -0.05) is 6.42 Å². The molecule has 132 valence electrons. The van der Waals surface area contributed by atoms with Crippen LogP contribution in [0.25, 0.3) is 0 Å². The molecule has 2 aliphatic rings. The molecule has 1 aromatic rings. The van der Waals surface area contributed by atoms with Gasteiger partial charge in [-0.3, -0.25) is 4.79 Å². The predicted octanol–water partition coefficient (Wildman–Crippen LogP) is 3.04. The van der Waals surface area contributed by atoms with Crippen LogP contribution in [0.15, 0.2) is 24.3 Å². The molecule has 5 atom stereocenters. The second-order valence-electron chi connectivity index (χ2n) is 7.37. The topological polar surface area (TPSA) is 79.2 Å². The highest BCUT2D eigenvalue weighted by molar-refractivity contribution is 5.92. The Bertz CT molecular complexity index is 692. The Morgan fingerprint density at radius 1 is 1.20 bits per heavy atom. The van der Waals surface area contributed by atoms with E-state index in [2.05, 4.69) is 12.2 Å². The third-order valence-corrected chi connectivity index (χ3v) is 5.71. The Balaban J connectivity index is 1.51. The summed E-state index contributed by atoms with van der Waals surface area (Å²) in [6.07, 6.45) is 4.27. The molecule has 0 aliphatic heterocycles. The SMILES string of the molecule is CC(OC(=O)c1ccc(C#N)cc1)C(=O)NC(C)C1CC2CCC1C2. The molecule has 1 N–H and O–H groups in total. The second kappa shape index (κ2) is 7.26. The first-order valence-corrected chi connectivity index (χ1v) is 8.99. The molecule has 0 aromatic heterocycles. The highest BCUT2D eigenvalue weighted by Gasteiger charge is 2.42. The summed E-state index contributed by atoms with van der Waals surface area (Å²) in [6.45, 7) is 3.64. The molecule has 5 heteroatoms. The fourth-order valence-corrected chi connectivity index (χ4v) is 4.32. The van der Waals surface area contributed by atoms with Crippen LogP contribution in [0.3, 0.4) is 0 Å². The van der Waals surface area contributed by atoms with Crippen molar-refractivity contribution in [1.29, 1.82) is 5.26 Å². The molecule has 2 saturated carbocycles. The largest absolute Gasteiger partial charge is 0.449 e. The van der Waals surface area contributed by atoms with E-state index in [1.807, 2.05) is 6.07 Å². The molecule has 5 unspecified atom stereocenters. The van der Waals surface area contributed by atoms with Crippen LogP contribution in [-0.4, -0.2) is 24.0 Å². The summed E-state index contributed by atoms with van der Waals surface area (Å²) in [5.74, 6) is 1.30. The minimum Gasteiger partial charge on any atom is -0.449 e. The highest BCUT2D eigenvalue weighted by atomic mass is 16.5. The number of benzene rings is 1. The van der Waals surface area contributed by atoms with E-state index in [-0.39, 0.29) is 11.9 Å². The molecular formula is C20H24N2O3. The second-order valence-corrected chi connectivity index (χ2v) is 7.37. The first-order valence-electron chi connectivity index (χ1n) is 8.99. The maximum Gasteiger partial charge on any atom is 0.338 e. The number of rotatable bonds is 5. The number of hydrogen-bond donors (Lipinski definition) is 1. The van der Waals surface area contributed by atoms with E-state index in [1.165, 1.54) is 37.8 Å². The number of carbonyl (C=O) groups excluding carboxylic acids is 2. The number of carbonyl (C=O) groups is 2. The molecular weight excluding hydrogens is 316 g/mol. The number of nitrogens with zero attached hydrogens (tertiary/aromatic N) is 1. The van der Waals surface area contributed by atoms with Gasteiger partial charge in [-0.15, -0.1) is 0 Å². The fourth-order valence-electron chi connectivity index (χ4n) is 4.32. The molecule has 2 fully saturated rings. The summed E-state index contributed by atoms with van der Waals surface area (Å²) in [4.78, 5) is 24.5. The van der Waals surface area contributed by atoms with Gasteiger partial charge in [0.1, 0.15) is 0 Å². The lowest BCUT2D eigenvalue weighted by Crippen LogP contribution is -2.45. The van der Waals surface area contributed by atoms with Crippen LogP contribution >= 0.6 is 0 Å². The lowest BCUT2D eigenvalue weighted by Gasteiger charge is -2.29. The van der Waals surface area contributed by atoms with Crippen LogP contribution in [-0.2, 0) is 9.53 Å². The Morgan fingerprint density at radius 2 is 1.92 bits per heavy atom. The summed E-state index contributed by atoms with van der Waals surface area (Å²) in [5, 5.41) is 11.8. The molecule has 1 amide bonds. The number of nitriles is 1. The van der Waals surface area contributed by atoms with Crippen molar-refractivity contribution in [3.8, 4) is 6.07 Å². The summed E-state index contributed by atoms with van der Waals surface area (Å²) in [5.41, 5.74) is 0.807. The van der Waals surface area contributed by atoms with Gasteiger partial charge in [0.25, 0.3) is 5.91 Å². The average molecular weight is 340 g/mol. The third-order valence-electron chi connectivity index (χ3n) is 5.71. The third kappa shape index (κ3) is 3.84. The van der Waals surface area contributed by atoms with Gasteiger partial charge in [0, 0.05) is 6.04 Å². The lowest BCUT2D eigenvalue weighted by atomic mass is 9.84. The molecule has 2 bridgehead atoms. The maximum absolute atomic E-state index is 12.4. The minimum atomic E-state index is -0.843. The molecule has 0 heterocycles.